The number of hydrogen-bond donors (Lipinski definition) is 1. The van der Waals surface area contributed by atoms with Crippen molar-refractivity contribution in [1.82, 2.24) is 4.98 Å². The Morgan fingerprint density at radius 1 is 1.25 bits per heavy atom. The van der Waals surface area contributed by atoms with Crippen LogP contribution in [-0.4, -0.2) is 16.7 Å². The number of benzene rings is 1. The second-order valence-corrected chi connectivity index (χ2v) is 5.09. The van der Waals surface area contributed by atoms with Crippen molar-refractivity contribution in [2.75, 3.05) is 6.61 Å². The molecule has 1 aromatic heterocycles. The van der Waals surface area contributed by atoms with Gasteiger partial charge in [0.05, 0.1) is 10.7 Å². The third-order valence-electron chi connectivity index (χ3n) is 2.57. The molecule has 16 heavy (non-hydrogen) atoms. The number of aromatic nitrogens is 1. The first-order chi connectivity index (χ1) is 7.72. The van der Waals surface area contributed by atoms with Crippen LogP contribution in [-0.2, 0) is 6.42 Å². The average molecular weight is 233 g/mol. The minimum Gasteiger partial charge on any atom is -0.396 e. The van der Waals surface area contributed by atoms with Crippen molar-refractivity contribution in [3.8, 4) is 11.3 Å². The van der Waals surface area contributed by atoms with Crippen molar-refractivity contribution in [2.45, 2.75) is 20.3 Å². The van der Waals surface area contributed by atoms with Gasteiger partial charge in [0.25, 0.3) is 0 Å². The summed E-state index contributed by atoms with van der Waals surface area (Å²) in [6.07, 6.45) is 0.650. The Morgan fingerprint density at radius 3 is 2.69 bits per heavy atom. The van der Waals surface area contributed by atoms with E-state index in [0.29, 0.717) is 6.42 Å². The molecule has 0 aliphatic rings. The van der Waals surface area contributed by atoms with Crippen molar-refractivity contribution in [3.63, 3.8) is 0 Å². The molecule has 0 spiro atoms. The van der Waals surface area contributed by atoms with E-state index in [9.17, 15) is 0 Å². The van der Waals surface area contributed by atoms with Crippen LogP contribution in [0.15, 0.2) is 24.3 Å². The first-order valence-corrected chi connectivity index (χ1v) is 6.17. The number of nitrogens with zero attached hydrogens (tertiary/aromatic N) is 1. The first kappa shape index (κ1) is 11.3. The van der Waals surface area contributed by atoms with Gasteiger partial charge in [-0.3, -0.25) is 0 Å². The molecule has 3 heteroatoms. The predicted octanol–water partition coefficient (Wildman–Crippen LogP) is 2.96. The van der Waals surface area contributed by atoms with Crippen LogP contribution in [0.3, 0.4) is 0 Å². The molecule has 0 aliphatic carbocycles. The van der Waals surface area contributed by atoms with E-state index >= 15 is 0 Å². The normalized spacial score (nSPS) is 10.7. The maximum atomic E-state index is 8.91. The van der Waals surface area contributed by atoms with Crippen LogP contribution in [0, 0.1) is 13.8 Å². The highest BCUT2D eigenvalue weighted by molar-refractivity contribution is 7.12. The van der Waals surface area contributed by atoms with Crippen LogP contribution in [0.25, 0.3) is 11.3 Å². The average Bonchev–Trinajstić information content (AvgIpc) is 2.61. The predicted molar refractivity (Wildman–Crippen MR) is 67.8 cm³/mol. The molecule has 84 valence electrons. The highest BCUT2D eigenvalue weighted by Crippen LogP contribution is 2.29. The van der Waals surface area contributed by atoms with Crippen LogP contribution in [0.4, 0.5) is 0 Å². The van der Waals surface area contributed by atoms with Gasteiger partial charge in [-0.05, 0) is 19.4 Å². The van der Waals surface area contributed by atoms with Gasteiger partial charge in [0.1, 0.15) is 0 Å². The third kappa shape index (κ3) is 2.15. The van der Waals surface area contributed by atoms with Crippen LogP contribution >= 0.6 is 11.3 Å². The highest BCUT2D eigenvalue weighted by atomic mass is 32.1. The second kappa shape index (κ2) is 4.76. The Kier molecular flexibility index (Phi) is 3.36. The molecular weight excluding hydrogens is 218 g/mol. The highest BCUT2D eigenvalue weighted by Gasteiger charge is 2.10. The van der Waals surface area contributed by atoms with Crippen molar-refractivity contribution in [3.05, 3.63) is 39.7 Å². The van der Waals surface area contributed by atoms with Crippen molar-refractivity contribution in [2.24, 2.45) is 0 Å². The minimum absolute atomic E-state index is 0.167. The number of aryl methyl sites for hydroxylation is 2. The monoisotopic (exact) mass is 233 g/mol. The molecule has 1 N–H and O–H groups in total. The Labute approximate surface area is 99.6 Å². The Hall–Kier alpha value is -1.19. The summed E-state index contributed by atoms with van der Waals surface area (Å²) in [7, 11) is 0. The summed E-state index contributed by atoms with van der Waals surface area (Å²) < 4.78 is 0. The van der Waals surface area contributed by atoms with E-state index in [4.69, 9.17) is 5.11 Å². The number of thiazole rings is 1. The number of aliphatic hydroxyl groups is 1. The Balaban J connectivity index is 2.44. The molecule has 0 saturated heterocycles. The van der Waals surface area contributed by atoms with E-state index in [-0.39, 0.29) is 6.61 Å². The molecule has 1 aromatic carbocycles. The van der Waals surface area contributed by atoms with Crippen molar-refractivity contribution >= 4 is 11.3 Å². The number of hydrogen-bond acceptors (Lipinski definition) is 3. The first-order valence-electron chi connectivity index (χ1n) is 5.35. The van der Waals surface area contributed by atoms with E-state index in [1.54, 1.807) is 11.3 Å². The quantitative estimate of drug-likeness (QED) is 0.884. The molecule has 0 fully saturated rings. The molecular formula is C13H15NOS. The zero-order chi connectivity index (χ0) is 11.5. The largest absolute Gasteiger partial charge is 0.396 e. The maximum Gasteiger partial charge on any atom is 0.0958 e. The molecule has 0 aliphatic heterocycles. The summed E-state index contributed by atoms with van der Waals surface area (Å²) in [5.74, 6) is 0. The molecule has 0 radical (unpaired) electrons. The number of rotatable bonds is 3. The molecule has 0 bridgehead atoms. The lowest BCUT2D eigenvalue weighted by molar-refractivity contribution is 0.299. The maximum absolute atomic E-state index is 8.91. The topological polar surface area (TPSA) is 33.1 Å². The van der Waals surface area contributed by atoms with E-state index < -0.39 is 0 Å². The lowest BCUT2D eigenvalue weighted by Gasteiger charge is -2.02. The van der Waals surface area contributed by atoms with Gasteiger partial charge in [-0.2, -0.15) is 0 Å². The zero-order valence-corrected chi connectivity index (χ0v) is 10.3. The van der Waals surface area contributed by atoms with Crippen LogP contribution in [0.1, 0.15) is 15.4 Å². The van der Waals surface area contributed by atoms with Gasteiger partial charge in [-0.25, -0.2) is 4.98 Å². The fourth-order valence-electron chi connectivity index (χ4n) is 1.74. The SMILES string of the molecule is Cc1ccccc1-c1nc(CCO)sc1C. The standard InChI is InChI=1S/C13H15NOS/c1-9-5-3-4-6-11(9)13-10(2)16-12(14-13)7-8-15/h3-6,15H,7-8H2,1-2H3. The summed E-state index contributed by atoms with van der Waals surface area (Å²) in [6.45, 7) is 4.35. The molecule has 0 amide bonds. The van der Waals surface area contributed by atoms with E-state index in [0.717, 1.165) is 10.7 Å². The molecule has 0 unspecified atom stereocenters. The van der Waals surface area contributed by atoms with Gasteiger partial charge in [0.15, 0.2) is 0 Å². The van der Waals surface area contributed by atoms with E-state index in [1.807, 2.05) is 12.1 Å². The molecule has 0 saturated carbocycles. The number of aliphatic hydroxyl groups excluding tert-OH is 1. The van der Waals surface area contributed by atoms with Gasteiger partial charge in [0, 0.05) is 23.5 Å². The Morgan fingerprint density at radius 2 is 2.00 bits per heavy atom. The second-order valence-electron chi connectivity index (χ2n) is 3.80. The molecule has 0 atom stereocenters. The summed E-state index contributed by atoms with van der Waals surface area (Å²) in [4.78, 5) is 5.81. The molecule has 2 aromatic rings. The van der Waals surface area contributed by atoms with Crippen molar-refractivity contribution in [1.29, 1.82) is 0 Å². The van der Waals surface area contributed by atoms with Gasteiger partial charge in [-0.1, -0.05) is 24.3 Å². The van der Waals surface area contributed by atoms with Gasteiger partial charge >= 0.3 is 0 Å². The third-order valence-corrected chi connectivity index (χ3v) is 3.60. The lowest BCUT2D eigenvalue weighted by Crippen LogP contribution is -1.90. The molecule has 2 nitrogen and oxygen atoms in total. The summed E-state index contributed by atoms with van der Waals surface area (Å²) in [5.41, 5.74) is 3.50. The Bertz CT molecular complexity index is 490. The summed E-state index contributed by atoms with van der Waals surface area (Å²) in [5, 5.41) is 9.92. The zero-order valence-electron chi connectivity index (χ0n) is 9.53. The minimum atomic E-state index is 0.167. The van der Waals surface area contributed by atoms with Gasteiger partial charge in [0.2, 0.25) is 0 Å². The van der Waals surface area contributed by atoms with Crippen LogP contribution in [0.5, 0.6) is 0 Å². The fraction of sp³-hybridized carbons (Fsp3) is 0.308. The fourth-order valence-corrected chi connectivity index (χ4v) is 2.68. The van der Waals surface area contributed by atoms with Gasteiger partial charge in [-0.15, -0.1) is 11.3 Å². The van der Waals surface area contributed by atoms with Crippen molar-refractivity contribution < 1.29 is 5.11 Å². The van der Waals surface area contributed by atoms with Crippen LogP contribution in [0.2, 0.25) is 0 Å². The lowest BCUT2D eigenvalue weighted by atomic mass is 10.1. The summed E-state index contributed by atoms with van der Waals surface area (Å²) >= 11 is 1.67. The molecule has 2 rings (SSSR count). The van der Waals surface area contributed by atoms with E-state index in [1.165, 1.54) is 16.0 Å². The van der Waals surface area contributed by atoms with E-state index in [2.05, 4.69) is 31.0 Å². The van der Waals surface area contributed by atoms with Gasteiger partial charge < -0.3 is 5.11 Å². The summed E-state index contributed by atoms with van der Waals surface area (Å²) in [6, 6.07) is 8.27. The molecule has 1 heterocycles. The smallest absolute Gasteiger partial charge is 0.0958 e. The van der Waals surface area contributed by atoms with Crippen LogP contribution < -0.4 is 0 Å².